The number of amides is 1. The molecule has 3 atom stereocenters. The van der Waals surface area contributed by atoms with Crippen LogP contribution >= 0.6 is 0 Å². The number of hydrogen-bond acceptors (Lipinski definition) is 5. The van der Waals surface area contributed by atoms with Crippen LogP contribution in [0, 0.1) is 0 Å². The van der Waals surface area contributed by atoms with E-state index in [1.54, 1.807) is 0 Å². The molecule has 0 fully saturated rings. The van der Waals surface area contributed by atoms with E-state index in [1.807, 2.05) is 0 Å². The van der Waals surface area contributed by atoms with Gasteiger partial charge in [0.2, 0.25) is 5.91 Å². The Morgan fingerprint density at radius 1 is 0.509 bits per heavy atom. The Morgan fingerprint density at radius 3 is 1.31 bits per heavy atom. The van der Waals surface area contributed by atoms with E-state index >= 15 is 0 Å². The molecule has 55 heavy (non-hydrogen) atoms. The third kappa shape index (κ3) is 39.2. The fraction of sp³-hybridized carbons (Fsp3) is 0.918. The molecule has 0 radical (unpaired) electrons. The summed E-state index contributed by atoms with van der Waals surface area (Å²) in [6.07, 6.45) is 47.0. The van der Waals surface area contributed by atoms with E-state index in [9.17, 15) is 19.8 Å². The molecule has 0 aliphatic rings. The predicted molar refractivity (Wildman–Crippen MR) is 237 cm³/mol. The van der Waals surface area contributed by atoms with Gasteiger partial charge in [-0.2, -0.15) is 0 Å². The molecule has 0 saturated heterocycles. The highest BCUT2D eigenvalue weighted by atomic mass is 16.5. The highest BCUT2D eigenvalue weighted by Crippen LogP contribution is 2.18. The van der Waals surface area contributed by atoms with Gasteiger partial charge in [0, 0.05) is 6.42 Å². The third-order valence-electron chi connectivity index (χ3n) is 11.3. The van der Waals surface area contributed by atoms with Crippen molar-refractivity contribution in [1.29, 1.82) is 0 Å². The number of allylic oxidation sites excluding steroid dienone is 2. The van der Waals surface area contributed by atoms with Crippen molar-refractivity contribution in [2.45, 2.75) is 283 Å². The Kier molecular flexibility index (Phi) is 42.6. The van der Waals surface area contributed by atoms with Crippen LogP contribution in [-0.2, 0) is 14.3 Å². The molecule has 0 aliphatic carbocycles. The predicted octanol–water partition coefficient (Wildman–Crippen LogP) is 14.2. The fourth-order valence-corrected chi connectivity index (χ4v) is 7.60. The van der Waals surface area contributed by atoms with Crippen molar-refractivity contribution in [3.8, 4) is 0 Å². The number of aliphatic hydroxyl groups is 2. The number of hydrogen-bond donors (Lipinski definition) is 3. The van der Waals surface area contributed by atoms with Crippen LogP contribution in [0.2, 0.25) is 0 Å². The molecule has 0 aromatic carbocycles. The van der Waals surface area contributed by atoms with Gasteiger partial charge in [-0.25, -0.2) is 0 Å². The molecular weight excluding hydrogens is 683 g/mol. The van der Waals surface area contributed by atoms with Crippen LogP contribution in [-0.4, -0.2) is 46.9 Å². The molecular formula is C49H95NO5. The van der Waals surface area contributed by atoms with E-state index in [-0.39, 0.29) is 24.9 Å². The van der Waals surface area contributed by atoms with Gasteiger partial charge in [-0.05, 0) is 51.4 Å². The van der Waals surface area contributed by atoms with Gasteiger partial charge in [0.25, 0.3) is 0 Å². The molecule has 1 amide bonds. The first-order valence-electron chi connectivity index (χ1n) is 24.4. The number of esters is 1. The topological polar surface area (TPSA) is 95.9 Å². The van der Waals surface area contributed by atoms with Crippen molar-refractivity contribution in [3.63, 3.8) is 0 Å². The first-order valence-corrected chi connectivity index (χ1v) is 24.4. The van der Waals surface area contributed by atoms with E-state index in [2.05, 4.69) is 38.2 Å². The molecule has 3 N–H and O–H groups in total. The van der Waals surface area contributed by atoms with Crippen LogP contribution < -0.4 is 5.32 Å². The highest BCUT2D eigenvalue weighted by molar-refractivity contribution is 5.77. The molecule has 0 spiro atoms. The first-order chi connectivity index (χ1) is 27.0. The Morgan fingerprint density at radius 2 is 0.873 bits per heavy atom. The van der Waals surface area contributed by atoms with Crippen LogP contribution in [0.4, 0.5) is 0 Å². The summed E-state index contributed by atoms with van der Waals surface area (Å²) in [5, 5.41) is 23.7. The van der Waals surface area contributed by atoms with E-state index in [1.165, 1.54) is 173 Å². The van der Waals surface area contributed by atoms with Gasteiger partial charge in [0.15, 0.2) is 0 Å². The number of carbonyl (C=O) groups excluding carboxylic acids is 2. The minimum absolute atomic E-state index is 0.0822. The van der Waals surface area contributed by atoms with Crippen molar-refractivity contribution >= 4 is 11.9 Å². The zero-order chi connectivity index (χ0) is 40.3. The van der Waals surface area contributed by atoms with Crippen LogP contribution in [0.5, 0.6) is 0 Å². The Labute approximate surface area is 342 Å². The van der Waals surface area contributed by atoms with Crippen molar-refractivity contribution in [1.82, 2.24) is 5.32 Å². The summed E-state index contributed by atoms with van der Waals surface area (Å²) < 4.78 is 5.91. The van der Waals surface area contributed by atoms with E-state index in [4.69, 9.17) is 4.74 Å². The molecule has 6 nitrogen and oxygen atoms in total. The van der Waals surface area contributed by atoms with Crippen molar-refractivity contribution in [3.05, 3.63) is 12.2 Å². The molecule has 0 aromatic heterocycles. The second kappa shape index (κ2) is 43.7. The highest BCUT2D eigenvalue weighted by Gasteiger charge is 2.24. The minimum atomic E-state index is -0.780. The third-order valence-corrected chi connectivity index (χ3v) is 11.3. The molecule has 0 aliphatic heterocycles. The second-order valence-electron chi connectivity index (χ2n) is 16.9. The monoisotopic (exact) mass is 778 g/mol. The summed E-state index contributed by atoms with van der Waals surface area (Å²) in [5.41, 5.74) is 0. The second-order valence-corrected chi connectivity index (χ2v) is 16.9. The van der Waals surface area contributed by atoms with Crippen LogP contribution in [0.1, 0.15) is 265 Å². The molecule has 326 valence electrons. The van der Waals surface area contributed by atoms with Crippen LogP contribution in [0.25, 0.3) is 0 Å². The summed E-state index contributed by atoms with van der Waals surface area (Å²) in [6, 6.07) is -0.693. The van der Waals surface area contributed by atoms with Gasteiger partial charge >= 0.3 is 5.97 Å². The number of unbranched alkanes of at least 4 members (excludes halogenated alkanes) is 30. The van der Waals surface area contributed by atoms with Crippen molar-refractivity contribution in [2.75, 3.05) is 6.61 Å². The Hall–Kier alpha value is -1.40. The molecule has 0 aromatic rings. The Balaban J connectivity index is 4.50. The summed E-state index contributed by atoms with van der Waals surface area (Å²) >= 11 is 0. The van der Waals surface area contributed by atoms with Crippen LogP contribution in [0.3, 0.4) is 0 Å². The number of carbonyl (C=O) groups is 2. The first kappa shape index (κ1) is 53.6. The molecule has 3 unspecified atom stereocenters. The van der Waals surface area contributed by atoms with Gasteiger partial charge in [0.1, 0.15) is 6.10 Å². The van der Waals surface area contributed by atoms with E-state index in [0.29, 0.717) is 19.3 Å². The summed E-state index contributed by atoms with van der Waals surface area (Å²) in [4.78, 5) is 26.0. The quantitative estimate of drug-likeness (QED) is 0.0325. The van der Waals surface area contributed by atoms with Gasteiger partial charge in [-0.1, -0.05) is 213 Å². The average Bonchev–Trinajstić information content (AvgIpc) is 3.18. The number of nitrogens with one attached hydrogen (secondary N) is 1. The maximum atomic E-state index is 13.1. The lowest BCUT2D eigenvalue weighted by Gasteiger charge is -2.24. The van der Waals surface area contributed by atoms with Crippen LogP contribution in [0.15, 0.2) is 12.2 Å². The normalized spacial score (nSPS) is 13.3. The lowest BCUT2D eigenvalue weighted by Crippen LogP contribution is -2.46. The van der Waals surface area contributed by atoms with Gasteiger partial charge in [-0.3, -0.25) is 9.59 Å². The number of rotatable bonds is 44. The van der Waals surface area contributed by atoms with Crippen molar-refractivity contribution in [2.24, 2.45) is 0 Å². The zero-order valence-electron chi connectivity index (χ0n) is 37.1. The molecule has 0 heterocycles. The van der Waals surface area contributed by atoms with Gasteiger partial charge < -0.3 is 20.3 Å². The SMILES string of the molecule is CCCCCC/C=C\CCCCCCCCCC(=O)OC(CCCCCCCCCCCC)CC(=O)NC(CO)C(O)CCCCCCCCCCCCC. The largest absolute Gasteiger partial charge is 0.462 e. The zero-order valence-corrected chi connectivity index (χ0v) is 37.1. The molecule has 0 saturated carbocycles. The standard InChI is InChI=1S/C49H95NO5/c1-4-7-10-13-16-19-22-23-24-25-27-30-33-36-39-42-49(54)55-45(40-37-34-31-28-21-18-15-12-9-6-3)43-48(53)50-46(44-51)47(52)41-38-35-32-29-26-20-17-14-11-8-5-2/h19,22,45-47,51-52H,4-18,20-21,23-44H2,1-3H3,(H,50,53)/b22-19-. The molecule has 0 rings (SSSR count). The number of aliphatic hydroxyl groups excluding tert-OH is 2. The summed E-state index contributed by atoms with van der Waals surface area (Å²) in [5.74, 6) is -0.467. The maximum Gasteiger partial charge on any atom is 0.306 e. The molecule has 0 bridgehead atoms. The fourth-order valence-electron chi connectivity index (χ4n) is 7.60. The minimum Gasteiger partial charge on any atom is -0.462 e. The van der Waals surface area contributed by atoms with Gasteiger partial charge in [-0.15, -0.1) is 0 Å². The lowest BCUT2D eigenvalue weighted by atomic mass is 10.0. The smallest absolute Gasteiger partial charge is 0.306 e. The van der Waals surface area contributed by atoms with E-state index in [0.717, 1.165) is 44.9 Å². The van der Waals surface area contributed by atoms with Gasteiger partial charge in [0.05, 0.1) is 25.2 Å². The average molecular weight is 778 g/mol. The van der Waals surface area contributed by atoms with E-state index < -0.39 is 18.2 Å². The van der Waals surface area contributed by atoms with Crippen molar-refractivity contribution < 1.29 is 24.5 Å². The Bertz CT molecular complexity index is 832. The maximum absolute atomic E-state index is 13.1. The number of ether oxygens (including phenoxy) is 1. The lowest BCUT2D eigenvalue weighted by molar-refractivity contribution is -0.151. The molecule has 6 heteroatoms. The summed E-state index contributed by atoms with van der Waals surface area (Å²) in [7, 11) is 0. The summed E-state index contributed by atoms with van der Waals surface area (Å²) in [6.45, 7) is 6.46.